The van der Waals surface area contributed by atoms with Crippen molar-refractivity contribution in [2.75, 3.05) is 11.9 Å². The Morgan fingerprint density at radius 3 is 2.18 bits per heavy atom. The van der Waals surface area contributed by atoms with Gasteiger partial charge in [-0.1, -0.05) is 24.3 Å². The molecule has 0 bridgehead atoms. The number of hydrogen-bond donors (Lipinski definition) is 2. The van der Waals surface area contributed by atoms with E-state index in [1.165, 1.54) is 24.3 Å². The molecular formula is C20H21F3N2O3. The highest BCUT2D eigenvalue weighted by atomic mass is 19.4. The highest BCUT2D eigenvalue weighted by Crippen LogP contribution is 2.25. The third-order valence-corrected chi connectivity index (χ3v) is 4.18. The lowest BCUT2D eigenvalue weighted by molar-refractivity contribution is -0.167. The maximum atomic E-state index is 12.2. The van der Waals surface area contributed by atoms with Crippen molar-refractivity contribution >= 4 is 17.5 Å². The molecule has 0 unspecified atom stereocenters. The lowest BCUT2D eigenvalue weighted by atomic mass is 10.1. The molecule has 0 aliphatic heterocycles. The molecule has 0 saturated carbocycles. The molecule has 0 heterocycles. The largest absolute Gasteiger partial charge is 0.483 e. The van der Waals surface area contributed by atoms with Crippen LogP contribution >= 0.6 is 0 Å². The third kappa shape index (κ3) is 5.73. The van der Waals surface area contributed by atoms with E-state index >= 15 is 0 Å². The first kappa shape index (κ1) is 21.3. The van der Waals surface area contributed by atoms with Gasteiger partial charge < -0.3 is 15.4 Å². The van der Waals surface area contributed by atoms with Gasteiger partial charge in [0.25, 0.3) is 5.91 Å². The Morgan fingerprint density at radius 1 is 0.964 bits per heavy atom. The van der Waals surface area contributed by atoms with Crippen LogP contribution in [0.5, 0.6) is 5.75 Å². The number of nitrogens with one attached hydrogen (secondary N) is 2. The van der Waals surface area contributed by atoms with Crippen LogP contribution in [0, 0.1) is 20.8 Å². The Balaban J connectivity index is 1.85. The molecule has 28 heavy (non-hydrogen) atoms. The number of alkyl halides is 3. The van der Waals surface area contributed by atoms with E-state index in [1.54, 1.807) is 5.32 Å². The molecule has 0 fully saturated rings. The van der Waals surface area contributed by atoms with Crippen molar-refractivity contribution in [1.82, 2.24) is 5.32 Å². The predicted molar refractivity (Wildman–Crippen MR) is 99.1 cm³/mol. The van der Waals surface area contributed by atoms with E-state index in [0.717, 1.165) is 16.7 Å². The van der Waals surface area contributed by atoms with E-state index in [0.29, 0.717) is 11.3 Å². The summed E-state index contributed by atoms with van der Waals surface area (Å²) in [6, 6.07) is 9.61. The fourth-order valence-corrected chi connectivity index (χ4v) is 2.44. The minimum Gasteiger partial charge on any atom is -0.483 e. The van der Waals surface area contributed by atoms with Crippen molar-refractivity contribution < 1.29 is 27.5 Å². The fourth-order valence-electron chi connectivity index (χ4n) is 2.44. The van der Waals surface area contributed by atoms with Crippen LogP contribution in [0.15, 0.2) is 36.4 Å². The maximum Gasteiger partial charge on any atom is 0.471 e. The topological polar surface area (TPSA) is 67.4 Å². The van der Waals surface area contributed by atoms with Gasteiger partial charge in [-0.25, -0.2) is 0 Å². The van der Waals surface area contributed by atoms with Crippen molar-refractivity contribution in [3.05, 3.63) is 58.7 Å². The van der Waals surface area contributed by atoms with Crippen molar-refractivity contribution in [3.63, 3.8) is 0 Å². The van der Waals surface area contributed by atoms with Crippen LogP contribution in [0.4, 0.5) is 18.9 Å². The molecule has 0 aromatic heterocycles. The summed E-state index contributed by atoms with van der Waals surface area (Å²) in [5, 5.41) is 4.43. The smallest absolute Gasteiger partial charge is 0.471 e. The first-order valence-corrected chi connectivity index (χ1v) is 8.51. The maximum absolute atomic E-state index is 12.2. The Kier molecular flexibility index (Phi) is 6.66. The Bertz CT molecular complexity index is 862. The quantitative estimate of drug-likeness (QED) is 0.783. The molecule has 2 rings (SSSR count). The second kappa shape index (κ2) is 8.77. The van der Waals surface area contributed by atoms with Crippen LogP contribution in [0.25, 0.3) is 0 Å². The monoisotopic (exact) mass is 394 g/mol. The molecule has 0 aliphatic rings. The molecule has 0 atom stereocenters. The number of ether oxygens (including phenoxy) is 1. The SMILES string of the molecule is Cc1ccc(C)c(OCC(=O)NCc2ccc(NC(=O)C(F)(F)F)cc2)c1C. The molecule has 150 valence electrons. The van der Waals surface area contributed by atoms with Gasteiger partial charge in [-0.05, 0) is 55.2 Å². The van der Waals surface area contributed by atoms with Gasteiger partial charge in [0, 0.05) is 12.2 Å². The van der Waals surface area contributed by atoms with Crippen LogP contribution in [-0.4, -0.2) is 24.6 Å². The van der Waals surface area contributed by atoms with Gasteiger partial charge in [0.05, 0.1) is 0 Å². The second-order valence-corrected chi connectivity index (χ2v) is 6.37. The van der Waals surface area contributed by atoms with Crippen molar-refractivity contribution in [1.29, 1.82) is 0 Å². The molecule has 0 aliphatic carbocycles. The number of halogens is 3. The molecule has 0 saturated heterocycles. The van der Waals surface area contributed by atoms with E-state index in [2.05, 4.69) is 5.32 Å². The van der Waals surface area contributed by atoms with Crippen molar-refractivity contribution in [2.24, 2.45) is 0 Å². The molecule has 2 aromatic carbocycles. The zero-order valence-electron chi connectivity index (χ0n) is 15.7. The molecule has 8 heteroatoms. The lowest BCUT2D eigenvalue weighted by Gasteiger charge is -2.14. The lowest BCUT2D eigenvalue weighted by Crippen LogP contribution is -2.30. The number of hydrogen-bond acceptors (Lipinski definition) is 3. The van der Waals surface area contributed by atoms with Crippen molar-refractivity contribution in [3.8, 4) is 5.75 Å². The minimum atomic E-state index is -4.94. The number of anilines is 1. The van der Waals surface area contributed by atoms with Gasteiger partial charge in [0.1, 0.15) is 5.75 Å². The molecule has 5 nitrogen and oxygen atoms in total. The Hall–Kier alpha value is -3.03. The highest BCUT2D eigenvalue weighted by molar-refractivity contribution is 5.94. The average Bonchev–Trinajstić information content (AvgIpc) is 2.63. The second-order valence-electron chi connectivity index (χ2n) is 6.37. The van der Waals surface area contributed by atoms with Gasteiger partial charge in [-0.3, -0.25) is 9.59 Å². The first-order chi connectivity index (χ1) is 13.1. The van der Waals surface area contributed by atoms with Gasteiger partial charge in [0.15, 0.2) is 6.61 Å². The van der Waals surface area contributed by atoms with E-state index < -0.39 is 12.1 Å². The number of carbonyl (C=O) groups is 2. The summed E-state index contributed by atoms with van der Waals surface area (Å²) in [6.07, 6.45) is -4.94. The number of rotatable bonds is 6. The summed E-state index contributed by atoms with van der Waals surface area (Å²) in [5.74, 6) is -1.68. The van der Waals surface area contributed by atoms with E-state index in [-0.39, 0.29) is 24.7 Å². The van der Waals surface area contributed by atoms with Crippen LogP contribution in [0.3, 0.4) is 0 Å². The van der Waals surface area contributed by atoms with Gasteiger partial charge in [-0.2, -0.15) is 13.2 Å². The van der Waals surface area contributed by atoms with E-state index in [1.807, 2.05) is 32.9 Å². The fraction of sp³-hybridized carbons (Fsp3) is 0.300. The summed E-state index contributed by atoms with van der Waals surface area (Å²) in [7, 11) is 0. The number of amides is 2. The Labute approximate surface area is 160 Å². The predicted octanol–water partition coefficient (Wildman–Crippen LogP) is 3.81. The molecule has 2 N–H and O–H groups in total. The minimum absolute atomic E-state index is 0.0196. The van der Waals surface area contributed by atoms with Gasteiger partial charge >= 0.3 is 12.1 Å². The summed E-state index contributed by atoms with van der Waals surface area (Å²) >= 11 is 0. The number of aryl methyl sites for hydroxylation is 2. The zero-order valence-corrected chi connectivity index (χ0v) is 15.7. The van der Waals surface area contributed by atoms with Gasteiger partial charge in [0.2, 0.25) is 0 Å². The summed E-state index contributed by atoms with van der Waals surface area (Å²) in [4.78, 5) is 22.9. The normalized spacial score (nSPS) is 11.1. The molecule has 2 aromatic rings. The van der Waals surface area contributed by atoms with Crippen LogP contribution in [-0.2, 0) is 16.1 Å². The average molecular weight is 394 g/mol. The standard InChI is InChI=1S/C20H21F3N2O3/c1-12-4-5-13(2)18(14(12)3)28-11-17(26)24-10-15-6-8-16(9-7-15)25-19(27)20(21,22)23/h4-9H,10-11H2,1-3H3,(H,24,26)(H,25,27). The summed E-state index contributed by atoms with van der Waals surface area (Å²) in [6.45, 7) is 5.82. The highest BCUT2D eigenvalue weighted by Gasteiger charge is 2.38. The molecule has 0 spiro atoms. The van der Waals surface area contributed by atoms with E-state index in [9.17, 15) is 22.8 Å². The van der Waals surface area contributed by atoms with E-state index in [4.69, 9.17) is 4.74 Å². The summed E-state index contributed by atoms with van der Waals surface area (Å²) < 4.78 is 42.3. The van der Waals surface area contributed by atoms with Crippen LogP contribution < -0.4 is 15.4 Å². The number of benzene rings is 2. The molecular weight excluding hydrogens is 373 g/mol. The summed E-state index contributed by atoms with van der Waals surface area (Å²) in [5.41, 5.74) is 3.67. The van der Waals surface area contributed by atoms with Crippen LogP contribution in [0.2, 0.25) is 0 Å². The zero-order chi connectivity index (χ0) is 20.9. The number of carbonyl (C=O) groups excluding carboxylic acids is 2. The molecule has 2 amide bonds. The third-order valence-electron chi connectivity index (χ3n) is 4.18. The van der Waals surface area contributed by atoms with Crippen LogP contribution in [0.1, 0.15) is 22.3 Å². The van der Waals surface area contributed by atoms with Crippen molar-refractivity contribution in [2.45, 2.75) is 33.5 Å². The van der Waals surface area contributed by atoms with Gasteiger partial charge in [-0.15, -0.1) is 0 Å². The first-order valence-electron chi connectivity index (χ1n) is 8.51. The Morgan fingerprint density at radius 2 is 1.57 bits per heavy atom. The molecule has 0 radical (unpaired) electrons.